The number of aliphatic hydroxyl groups is 1. The number of primary amides is 1. The number of amides is 2. The minimum Gasteiger partial charge on any atom is -0.497 e. The van der Waals surface area contributed by atoms with Crippen molar-refractivity contribution < 1.29 is 24.0 Å². The highest BCUT2D eigenvalue weighted by atomic mass is 16.5. The number of carbonyl (C=O) groups is 2. The van der Waals surface area contributed by atoms with Gasteiger partial charge in [0.05, 0.1) is 12.8 Å². The van der Waals surface area contributed by atoms with Gasteiger partial charge in [-0.15, -0.1) is 0 Å². The SMILES string of the molecule is COc1cc(C(N)=O)nc(-c2cccc(-c3cc([C@@]4(O)CCN(C)C4=O)on3)c2)c1. The molecule has 3 N–H and O–H groups in total. The van der Waals surface area contributed by atoms with Crippen LogP contribution in [0.4, 0.5) is 0 Å². The second-order valence-corrected chi connectivity index (χ2v) is 7.14. The number of nitrogens with zero attached hydrogens (tertiary/aromatic N) is 3. The Bertz CT molecular complexity index is 1140. The molecule has 2 aromatic heterocycles. The van der Waals surface area contributed by atoms with Crippen molar-refractivity contribution in [3.8, 4) is 28.3 Å². The summed E-state index contributed by atoms with van der Waals surface area (Å²) in [5.74, 6) is -0.521. The summed E-state index contributed by atoms with van der Waals surface area (Å²) < 4.78 is 10.5. The van der Waals surface area contributed by atoms with Gasteiger partial charge in [-0.2, -0.15) is 0 Å². The third kappa shape index (κ3) is 3.29. The van der Waals surface area contributed by atoms with E-state index in [0.29, 0.717) is 34.8 Å². The second kappa shape index (κ2) is 7.27. The van der Waals surface area contributed by atoms with Crippen molar-refractivity contribution in [3.05, 3.63) is 53.9 Å². The smallest absolute Gasteiger partial charge is 0.267 e. The predicted octanol–water partition coefficient (Wildman–Crippen LogP) is 1.56. The number of aromatic nitrogens is 2. The van der Waals surface area contributed by atoms with E-state index in [1.807, 2.05) is 12.1 Å². The lowest BCUT2D eigenvalue weighted by Crippen LogP contribution is -2.35. The largest absolute Gasteiger partial charge is 0.497 e. The fourth-order valence-electron chi connectivity index (χ4n) is 3.42. The summed E-state index contributed by atoms with van der Waals surface area (Å²) in [6.07, 6.45) is 0.237. The zero-order chi connectivity index (χ0) is 21.5. The van der Waals surface area contributed by atoms with E-state index in [9.17, 15) is 14.7 Å². The van der Waals surface area contributed by atoms with Gasteiger partial charge in [0, 0.05) is 49.3 Å². The van der Waals surface area contributed by atoms with Gasteiger partial charge in [0.2, 0.25) is 5.60 Å². The number of benzene rings is 1. The lowest BCUT2D eigenvalue weighted by molar-refractivity contribution is -0.144. The molecule has 1 aliphatic heterocycles. The third-order valence-corrected chi connectivity index (χ3v) is 5.17. The van der Waals surface area contributed by atoms with Crippen molar-refractivity contribution in [2.45, 2.75) is 12.0 Å². The quantitative estimate of drug-likeness (QED) is 0.655. The molecule has 9 heteroatoms. The van der Waals surface area contributed by atoms with Crippen molar-refractivity contribution >= 4 is 11.8 Å². The molecule has 2 amide bonds. The number of likely N-dealkylation sites (tertiary alicyclic amines) is 1. The zero-order valence-electron chi connectivity index (χ0n) is 16.5. The maximum Gasteiger partial charge on any atom is 0.267 e. The summed E-state index contributed by atoms with van der Waals surface area (Å²) in [5, 5.41) is 14.8. The molecule has 1 fully saturated rings. The van der Waals surface area contributed by atoms with Gasteiger partial charge in [-0.25, -0.2) is 4.98 Å². The second-order valence-electron chi connectivity index (χ2n) is 7.14. The van der Waals surface area contributed by atoms with Crippen molar-refractivity contribution in [1.82, 2.24) is 15.0 Å². The molecule has 0 radical (unpaired) electrons. The molecule has 9 nitrogen and oxygen atoms in total. The monoisotopic (exact) mass is 408 g/mol. The van der Waals surface area contributed by atoms with E-state index in [0.717, 1.165) is 0 Å². The van der Waals surface area contributed by atoms with E-state index in [1.54, 1.807) is 31.3 Å². The molecule has 0 saturated carbocycles. The number of likely N-dealkylation sites (N-methyl/N-ethyl adjacent to an activating group) is 1. The van der Waals surface area contributed by atoms with Crippen LogP contribution in [0, 0.1) is 0 Å². The number of rotatable bonds is 5. The van der Waals surface area contributed by atoms with E-state index in [4.69, 9.17) is 15.0 Å². The highest BCUT2D eigenvalue weighted by Crippen LogP contribution is 2.35. The number of hydrogen-bond acceptors (Lipinski definition) is 7. The summed E-state index contributed by atoms with van der Waals surface area (Å²) in [4.78, 5) is 29.6. The first-order chi connectivity index (χ1) is 14.3. The maximum absolute atomic E-state index is 12.3. The van der Waals surface area contributed by atoms with E-state index >= 15 is 0 Å². The Kier molecular flexibility index (Phi) is 4.75. The number of ether oxygens (including phenoxy) is 1. The first-order valence-electron chi connectivity index (χ1n) is 9.23. The topological polar surface area (TPSA) is 132 Å². The molecule has 1 saturated heterocycles. The summed E-state index contributed by atoms with van der Waals surface area (Å²) in [6, 6.07) is 12.0. The van der Waals surface area contributed by atoms with Gasteiger partial charge in [0.1, 0.15) is 17.1 Å². The molecule has 0 bridgehead atoms. The van der Waals surface area contributed by atoms with Crippen LogP contribution in [0.15, 0.2) is 47.0 Å². The molecule has 1 atom stereocenters. The average Bonchev–Trinajstić information content (AvgIpc) is 3.36. The lowest BCUT2D eigenvalue weighted by Gasteiger charge is -2.16. The van der Waals surface area contributed by atoms with Crippen molar-refractivity contribution in [2.75, 3.05) is 20.7 Å². The summed E-state index contributed by atoms with van der Waals surface area (Å²) in [6.45, 7) is 0.435. The lowest BCUT2D eigenvalue weighted by atomic mass is 9.97. The summed E-state index contributed by atoms with van der Waals surface area (Å²) in [7, 11) is 3.12. The van der Waals surface area contributed by atoms with Crippen LogP contribution in [-0.2, 0) is 10.4 Å². The fourth-order valence-corrected chi connectivity index (χ4v) is 3.42. The van der Waals surface area contributed by atoms with Crippen LogP contribution < -0.4 is 10.5 Å². The maximum atomic E-state index is 12.3. The first-order valence-corrected chi connectivity index (χ1v) is 9.23. The zero-order valence-corrected chi connectivity index (χ0v) is 16.5. The standard InChI is InChI=1S/C21H20N4O5/c1-25-7-6-21(28,20(25)27)18-11-16(24-30-18)13-5-3-4-12(8-13)15-9-14(29-2)10-17(23-15)19(22)26/h3-5,8-11,28H,6-7H2,1-2H3,(H2,22,26)/t21-/m0/s1. The molecular weight excluding hydrogens is 388 g/mol. The third-order valence-electron chi connectivity index (χ3n) is 5.17. The van der Waals surface area contributed by atoms with E-state index < -0.39 is 17.4 Å². The summed E-state index contributed by atoms with van der Waals surface area (Å²) in [5.41, 5.74) is 6.10. The Morgan fingerprint density at radius 2 is 1.97 bits per heavy atom. The van der Waals surface area contributed by atoms with Gasteiger partial charge in [-0.3, -0.25) is 9.59 Å². The van der Waals surface area contributed by atoms with Crippen LogP contribution in [-0.4, -0.2) is 52.7 Å². The van der Waals surface area contributed by atoms with E-state index in [-0.39, 0.29) is 17.9 Å². The van der Waals surface area contributed by atoms with Crippen molar-refractivity contribution in [2.24, 2.45) is 5.73 Å². The minimum absolute atomic E-state index is 0.0876. The molecule has 3 aromatic rings. The molecule has 154 valence electrons. The Morgan fingerprint density at radius 1 is 1.23 bits per heavy atom. The molecule has 0 unspecified atom stereocenters. The van der Waals surface area contributed by atoms with Crippen LogP contribution in [0.2, 0.25) is 0 Å². The average molecular weight is 408 g/mol. The fraction of sp³-hybridized carbons (Fsp3) is 0.238. The number of carbonyl (C=O) groups excluding carboxylic acids is 2. The molecule has 0 aliphatic carbocycles. The molecule has 3 heterocycles. The number of hydrogen-bond donors (Lipinski definition) is 2. The van der Waals surface area contributed by atoms with Gasteiger partial charge in [-0.1, -0.05) is 23.4 Å². The van der Waals surface area contributed by atoms with E-state index in [2.05, 4.69) is 10.1 Å². The Morgan fingerprint density at radius 3 is 2.60 bits per heavy atom. The van der Waals surface area contributed by atoms with Crippen LogP contribution in [0.5, 0.6) is 5.75 Å². The Labute approximate surface area is 172 Å². The normalized spacial score (nSPS) is 18.6. The van der Waals surface area contributed by atoms with Gasteiger partial charge < -0.3 is 25.0 Å². The van der Waals surface area contributed by atoms with Crippen LogP contribution in [0.25, 0.3) is 22.5 Å². The minimum atomic E-state index is -1.71. The van der Waals surface area contributed by atoms with Gasteiger partial charge in [-0.05, 0) is 6.07 Å². The molecule has 1 aliphatic rings. The highest BCUT2D eigenvalue weighted by Gasteiger charge is 2.48. The Hall–Kier alpha value is -3.72. The molecule has 30 heavy (non-hydrogen) atoms. The number of nitrogens with two attached hydrogens (primary N) is 1. The van der Waals surface area contributed by atoms with Gasteiger partial charge in [0.25, 0.3) is 11.8 Å². The van der Waals surface area contributed by atoms with E-state index in [1.165, 1.54) is 18.1 Å². The van der Waals surface area contributed by atoms with Crippen molar-refractivity contribution in [1.29, 1.82) is 0 Å². The number of pyridine rings is 1. The highest BCUT2D eigenvalue weighted by molar-refractivity contribution is 5.92. The predicted molar refractivity (Wildman–Crippen MR) is 106 cm³/mol. The van der Waals surface area contributed by atoms with Gasteiger partial charge in [0.15, 0.2) is 5.76 Å². The van der Waals surface area contributed by atoms with Crippen molar-refractivity contribution in [3.63, 3.8) is 0 Å². The molecule has 0 spiro atoms. The van der Waals surface area contributed by atoms with Gasteiger partial charge >= 0.3 is 0 Å². The molecular formula is C21H20N4O5. The number of methoxy groups -OCH3 is 1. The molecule has 4 rings (SSSR count). The first kappa shape index (κ1) is 19.6. The Balaban J connectivity index is 1.71. The van der Waals surface area contributed by atoms with Crippen LogP contribution in [0.3, 0.4) is 0 Å². The van der Waals surface area contributed by atoms with Crippen LogP contribution >= 0.6 is 0 Å². The summed E-state index contributed by atoms with van der Waals surface area (Å²) >= 11 is 0. The molecule has 1 aromatic carbocycles. The van der Waals surface area contributed by atoms with Crippen LogP contribution in [0.1, 0.15) is 22.7 Å².